The number of nitrogens with zero attached hydrogens (tertiary/aromatic N) is 3. The Kier molecular flexibility index (Phi) is 5.70. The lowest BCUT2D eigenvalue weighted by molar-refractivity contribution is -0.130. The van der Waals surface area contributed by atoms with E-state index in [0.29, 0.717) is 22.9 Å². The number of urea groups is 1. The molecule has 2 N–H and O–H groups in total. The lowest BCUT2D eigenvalue weighted by Gasteiger charge is -2.35. The highest BCUT2D eigenvalue weighted by molar-refractivity contribution is 6.30. The Labute approximate surface area is 213 Å². The predicted molar refractivity (Wildman–Crippen MR) is 135 cm³/mol. The van der Waals surface area contributed by atoms with Crippen LogP contribution < -0.4 is 10.6 Å². The second-order valence-corrected chi connectivity index (χ2v) is 9.74. The fourth-order valence-electron chi connectivity index (χ4n) is 5.26. The molecule has 3 aliphatic rings. The average Bonchev–Trinajstić information content (AvgIpc) is 3.64. The van der Waals surface area contributed by atoms with Gasteiger partial charge < -0.3 is 10.6 Å². The molecular weight excluding hydrogens is 478 g/mol. The monoisotopic (exact) mass is 501 g/mol. The summed E-state index contributed by atoms with van der Waals surface area (Å²) in [5, 5.41) is 6.66. The highest BCUT2D eigenvalue weighted by Gasteiger charge is 2.58. The molecule has 2 saturated heterocycles. The maximum Gasteiger partial charge on any atom is 0.328 e. The summed E-state index contributed by atoms with van der Waals surface area (Å²) in [5.41, 5.74) is 2.96. The molecule has 1 aromatic heterocycles. The van der Waals surface area contributed by atoms with Crippen LogP contribution in [0.5, 0.6) is 0 Å². The van der Waals surface area contributed by atoms with Crippen LogP contribution in [0.1, 0.15) is 17.9 Å². The van der Waals surface area contributed by atoms with E-state index in [1.807, 2.05) is 42.5 Å². The number of piperazine rings is 1. The molecule has 3 heterocycles. The summed E-state index contributed by atoms with van der Waals surface area (Å²) in [7, 11) is 0. The number of imide groups is 1. The van der Waals surface area contributed by atoms with Crippen LogP contribution in [0.15, 0.2) is 72.9 Å². The van der Waals surface area contributed by atoms with Gasteiger partial charge in [0.2, 0.25) is 5.91 Å². The van der Waals surface area contributed by atoms with Gasteiger partial charge in [0.05, 0.1) is 11.4 Å². The van der Waals surface area contributed by atoms with Crippen molar-refractivity contribution in [2.24, 2.45) is 0 Å². The van der Waals surface area contributed by atoms with Crippen molar-refractivity contribution in [3.05, 3.63) is 83.5 Å². The first kappa shape index (κ1) is 22.7. The zero-order chi connectivity index (χ0) is 24.8. The summed E-state index contributed by atoms with van der Waals surface area (Å²) < 4.78 is 0. The van der Waals surface area contributed by atoms with Crippen LogP contribution >= 0.6 is 11.6 Å². The molecule has 0 radical (unpaired) electrons. The fraction of sp³-hybridized carbons (Fsp3) is 0.259. The molecule has 36 heavy (non-hydrogen) atoms. The number of hydrogen-bond donors (Lipinski definition) is 2. The molecular formula is C27H24ClN5O3. The van der Waals surface area contributed by atoms with Gasteiger partial charge in [-0.2, -0.15) is 0 Å². The van der Waals surface area contributed by atoms with Crippen molar-refractivity contribution in [3.8, 4) is 11.3 Å². The van der Waals surface area contributed by atoms with E-state index in [2.05, 4.69) is 15.6 Å². The summed E-state index contributed by atoms with van der Waals surface area (Å²) in [5.74, 6) is -0.479. The van der Waals surface area contributed by atoms with Crippen LogP contribution in [0.4, 0.5) is 10.5 Å². The number of pyridine rings is 1. The van der Waals surface area contributed by atoms with Crippen LogP contribution in [0.3, 0.4) is 0 Å². The van der Waals surface area contributed by atoms with Crippen molar-refractivity contribution >= 4 is 35.1 Å². The minimum atomic E-state index is -0.827. The third kappa shape index (κ3) is 3.92. The molecule has 0 unspecified atom stereocenters. The Hall–Kier alpha value is -3.75. The largest absolute Gasteiger partial charge is 0.328 e. The molecule has 182 valence electrons. The highest BCUT2D eigenvalue weighted by Crippen LogP contribution is 2.47. The smallest absolute Gasteiger partial charge is 0.322 e. The van der Waals surface area contributed by atoms with Gasteiger partial charge in [-0.25, -0.2) is 4.79 Å². The van der Waals surface area contributed by atoms with Gasteiger partial charge in [0.25, 0.3) is 5.91 Å². The van der Waals surface area contributed by atoms with Crippen LogP contribution in [0.2, 0.25) is 5.02 Å². The van der Waals surface area contributed by atoms with Crippen LogP contribution in [0.25, 0.3) is 11.3 Å². The summed E-state index contributed by atoms with van der Waals surface area (Å²) in [6, 6.07) is 18.5. The zero-order valence-corrected chi connectivity index (χ0v) is 20.1. The van der Waals surface area contributed by atoms with Crippen molar-refractivity contribution < 1.29 is 14.4 Å². The number of benzene rings is 2. The van der Waals surface area contributed by atoms with Crippen LogP contribution in [0, 0.1) is 0 Å². The van der Waals surface area contributed by atoms with Gasteiger partial charge in [0.1, 0.15) is 12.1 Å². The van der Waals surface area contributed by atoms with E-state index in [9.17, 15) is 14.4 Å². The minimum absolute atomic E-state index is 0.135. The Morgan fingerprint density at radius 3 is 2.67 bits per heavy atom. The number of rotatable bonds is 5. The maximum atomic E-state index is 13.5. The molecule has 4 amide bonds. The molecule has 2 aliphatic heterocycles. The normalized spacial score (nSPS) is 25.0. The number of amides is 4. The minimum Gasteiger partial charge on any atom is -0.322 e. The predicted octanol–water partition coefficient (Wildman–Crippen LogP) is 3.50. The Morgan fingerprint density at radius 1 is 1.03 bits per heavy atom. The van der Waals surface area contributed by atoms with Crippen molar-refractivity contribution in [1.29, 1.82) is 0 Å². The van der Waals surface area contributed by atoms with E-state index in [1.165, 1.54) is 9.80 Å². The highest BCUT2D eigenvalue weighted by atomic mass is 35.5. The van der Waals surface area contributed by atoms with Gasteiger partial charge in [-0.1, -0.05) is 54.1 Å². The Morgan fingerprint density at radius 2 is 1.86 bits per heavy atom. The third-order valence-electron chi connectivity index (χ3n) is 7.08. The number of carbonyl (C=O) groups excluding carboxylic acids is 3. The quantitative estimate of drug-likeness (QED) is 0.522. The molecule has 4 atom stereocenters. The van der Waals surface area contributed by atoms with Crippen molar-refractivity contribution in [2.75, 3.05) is 18.4 Å². The standard InChI is InChI=1S/C27H24ClN5O3/c28-18-9-4-8-17(12-18)24-20(10-5-11-30-24)31-25(34)22-14-29-15-23-26(35)33(27(36)32(22)23)21-13-19(21)16-6-2-1-3-7-16/h1-12,19,21-23,29H,13-15H2,(H,31,34)/t19-,21+,22+,23+/m1/s1. The van der Waals surface area contributed by atoms with Gasteiger partial charge in [0, 0.05) is 41.8 Å². The zero-order valence-electron chi connectivity index (χ0n) is 19.3. The first-order chi connectivity index (χ1) is 17.5. The number of carbonyl (C=O) groups is 3. The van der Waals surface area contributed by atoms with E-state index in [4.69, 9.17) is 11.6 Å². The van der Waals surface area contributed by atoms with Crippen molar-refractivity contribution in [2.45, 2.75) is 30.5 Å². The summed E-state index contributed by atoms with van der Waals surface area (Å²) in [4.78, 5) is 47.5. The van der Waals surface area contributed by atoms with Gasteiger partial charge in [-0.05, 0) is 36.2 Å². The van der Waals surface area contributed by atoms with Gasteiger partial charge >= 0.3 is 6.03 Å². The number of fused-ring (bicyclic) bond motifs is 1. The second-order valence-electron chi connectivity index (χ2n) is 9.31. The third-order valence-corrected chi connectivity index (χ3v) is 7.31. The van der Waals surface area contributed by atoms with E-state index in [1.54, 1.807) is 30.5 Å². The first-order valence-electron chi connectivity index (χ1n) is 12.0. The lowest BCUT2D eigenvalue weighted by atomic mass is 10.1. The number of anilines is 1. The fourth-order valence-corrected chi connectivity index (χ4v) is 5.45. The van der Waals surface area contributed by atoms with Crippen molar-refractivity contribution in [3.63, 3.8) is 0 Å². The van der Waals surface area contributed by atoms with E-state index in [-0.39, 0.29) is 30.3 Å². The molecule has 1 aliphatic carbocycles. The summed E-state index contributed by atoms with van der Waals surface area (Å²) in [6.07, 6.45) is 2.38. The maximum absolute atomic E-state index is 13.5. The number of hydrogen-bond acceptors (Lipinski definition) is 5. The van der Waals surface area contributed by atoms with Crippen LogP contribution in [-0.2, 0) is 9.59 Å². The molecule has 0 bridgehead atoms. The molecule has 9 heteroatoms. The number of nitrogens with one attached hydrogen (secondary N) is 2. The topological polar surface area (TPSA) is 94.6 Å². The summed E-state index contributed by atoms with van der Waals surface area (Å²) in [6.45, 7) is 0.586. The van der Waals surface area contributed by atoms with E-state index < -0.39 is 18.1 Å². The Bertz CT molecular complexity index is 1350. The number of halogens is 1. The first-order valence-corrected chi connectivity index (χ1v) is 12.3. The Balaban J connectivity index is 1.23. The molecule has 3 aromatic rings. The van der Waals surface area contributed by atoms with Crippen molar-refractivity contribution in [1.82, 2.24) is 20.1 Å². The molecule has 1 saturated carbocycles. The van der Waals surface area contributed by atoms with E-state index >= 15 is 0 Å². The molecule has 0 spiro atoms. The summed E-state index contributed by atoms with van der Waals surface area (Å²) >= 11 is 6.15. The van der Waals surface area contributed by atoms with Gasteiger partial charge in [-0.3, -0.25) is 24.4 Å². The molecule has 2 aromatic carbocycles. The van der Waals surface area contributed by atoms with Crippen LogP contribution in [-0.4, -0.2) is 63.8 Å². The molecule has 6 rings (SSSR count). The van der Waals surface area contributed by atoms with Gasteiger partial charge in [0.15, 0.2) is 0 Å². The SMILES string of the molecule is O=C(Nc1cccnc1-c1cccc(Cl)c1)[C@@H]1CNC[C@H]2C(=O)N([C@H]3C[C@@H]3c3ccccc3)C(=O)N12. The average molecular weight is 502 g/mol. The molecule has 8 nitrogen and oxygen atoms in total. The molecule has 3 fully saturated rings. The number of aromatic nitrogens is 1. The lowest BCUT2D eigenvalue weighted by Crippen LogP contribution is -2.61. The second kappa shape index (κ2) is 9.04. The van der Waals surface area contributed by atoms with Gasteiger partial charge in [-0.15, -0.1) is 0 Å². The van der Waals surface area contributed by atoms with E-state index in [0.717, 1.165) is 17.5 Å².